The number of hydrogen-bond acceptors (Lipinski definition) is 3. The second-order valence-corrected chi connectivity index (χ2v) is 5.72. The second-order valence-electron chi connectivity index (χ2n) is 2.79. The minimum absolute atomic E-state index is 0.119. The Morgan fingerprint density at radius 2 is 2.46 bits per heavy atom. The molecule has 0 aromatic rings. The summed E-state index contributed by atoms with van der Waals surface area (Å²) in [5, 5.41) is 3.13. The van der Waals surface area contributed by atoms with Crippen LogP contribution in [-0.4, -0.2) is 24.0 Å². The predicted octanol–water partition coefficient (Wildman–Crippen LogP) is 2.69. The number of carbonyl (C=O) groups excluding carboxylic acids is 1. The van der Waals surface area contributed by atoms with Gasteiger partial charge in [0.25, 0.3) is 0 Å². The van der Waals surface area contributed by atoms with Gasteiger partial charge in [-0.2, -0.15) is 0 Å². The van der Waals surface area contributed by atoms with Gasteiger partial charge in [0.05, 0.1) is 0 Å². The third kappa shape index (κ3) is 8.50. The van der Waals surface area contributed by atoms with Crippen molar-refractivity contribution in [2.75, 3.05) is 12.8 Å². The van der Waals surface area contributed by atoms with Gasteiger partial charge in [-0.05, 0) is 12.8 Å². The Balaban J connectivity index is 3.27. The molecule has 0 fully saturated rings. The first-order valence-electron chi connectivity index (χ1n) is 5.19. The lowest BCUT2D eigenvalue weighted by Gasteiger charge is -2.08. The summed E-state index contributed by atoms with van der Waals surface area (Å²) in [6, 6.07) is 0. The Morgan fingerprint density at radius 1 is 1.69 bits per heavy atom. The molecule has 1 atom stereocenters. The molecule has 0 aliphatic heterocycles. The molecule has 0 saturated heterocycles. The van der Waals surface area contributed by atoms with Crippen LogP contribution in [0, 0.1) is 0 Å². The lowest BCUT2D eigenvalue weighted by molar-refractivity contribution is -0.120. The van der Waals surface area contributed by atoms with Gasteiger partial charge < -0.3 is 5.32 Å². The Morgan fingerprint density at radius 3 is 3.08 bits per heavy atom. The summed E-state index contributed by atoms with van der Waals surface area (Å²) in [4.78, 5) is 10.9. The van der Waals surface area contributed by atoms with Crippen molar-refractivity contribution < 1.29 is 6.17 Å². The van der Waals surface area contributed by atoms with Crippen molar-refractivity contribution >= 4 is 27.5 Å². The molecule has 1 amide bonds. The van der Waals surface area contributed by atoms with Gasteiger partial charge in [-0.3, -0.25) is 4.79 Å². The molecule has 0 radical (unpaired) electrons. The predicted molar refractivity (Wildman–Crippen MR) is 63.1 cm³/mol. The highest BCUT2D eigenvalue weighted by molar-refractivity contribution is 8.76. The highest BCUT2D eigenvalue weighted by Crippen LogP contribution is 2.29. The zero-order valence-corrected chi connectivity index (χ0v) is 9.97. The quantitative estimate of drug-likeness (QED) is 0.530. The van der Waals surface area contributed by atoms with E-state index >= 15 is 0 Å². The van der Waals surface area contributed by atoms with Crippen LogP contribution in [0.1, 0.15) is 34.5 Å². The molecule has 0 spiro atoms. The average molecular weight is 222 g/mol. The number of rotatable bonds is 7. The third-order valence-electron chi connectivity index (χ3n) is 1.52. The summed E-state index contributed by atoms with van der Waals surface area (Å²) >= 11 is 0. The molecule has 0 saturated carbocycles. The van der Waals surface area contributed by atoms with Gasteiger partial charge in [0, 0.05) is 25.8 Å². The molecule has 0 aliphatic rings. The molecule has 0 aromatic carbocycles. The van der Waals surface area contributed by atoms with Gasteiger partial charge in [0.15, 0.2) is 0 Å². The molecular weight excluding hydrogens is 202 g/mol. The van der Waals surface area contributed by atoms with E-state index in [1.807, 2.05) is 21.6 Å². The van der Waals surface area contributed by atoms with E-state index in [9.17, 15) is 4.79 Å². The topological polar surface area (TPSA) is 29.1 Å². The average Bonchev–Trinajstić information content (AvgIpc) is 2.21. The number of carbonyl (C=O) groups is 1. The van der Waals surface area contributed by atoms with E-state index in [4.69, 9.17) is 1.37 Å². The van der Waals surface area contributed by atoms with Crippen LogP contribution >= 0.6 is 21.6 Å². The van der Waals surface area contributed by atoms with Crippen LogP contribution in [0.25, 0.3) is 0 Å². The minimum Gasteiger partial charge on any atom is -0.359 e. The molecule has 78 valence electrons. The zero-order valence-electron chi connectivity index (χ0n) is 9.34. The maximum atomic E-state index is 10.9. The maximum Gasteiger partial charge on any atom is 0.219 e. The van der Waals surface area contributed by atoms with E-state index in [1.165, 1.54) is 0 Å². The van der Waals surface area contributed by atoms with E-state index < -0.39 is 0 Å². The Hall–Kier alpha value is 0.170. The molecule has 1 unspecified atom stereocenters. The Kier molecular flexibility index (Phi) is 7.57. The van der Waals surface area contributed by atoms with Gasteiger partial charge in [0.1, 0.15) is 0 Å². The molecule has 0 bridgehead atoms. The van der Waals surface area contributed by atoms with Crippen molar-refractivity contribution in [2.45, 2.75) is 38.3 Å². The molecular formula is C9H19NOS2. The Labute approximate surface area is 90.4 Å². The van der Waals surface area contributed by atoms with Gasteiger partial charge in [-0.15, -0.1) is 0 Å². The summed E-state index contributed by atoms with van der Waals surface area (Å²) in [6.07, 6.45) is 2.50. The van der Waals surface area contributed by atoms with Crippen LogP contribution in [0.5, 0.6) is 0 Å². The summed E-state index contributed by atoms with van der Waals surface area (Å²) in [6.45, 7) is 2.65. The van der Waals surface area contributed by atoms with Gasteiger partial charge in [-0.25, -0.2) is 0 Å². The maximum absolute atomic E-state index is 10.9. The first-order chi connectivity index (χ1) is 6.70. The lowest BCUT2D eigenvalue weighted by Crippen LogP contribution is -2.18. The summed E-state index contributed by atoms with van der Waals surface area (Å²) in [7, 11) is 5.30. The van der Waals surface area contributed by atoms with Crippen molar-refractivity contribution in [3.8, 4) is 0 Å². The van der Waals surface area contributed by atoms with E-state index in [0.29, 0.717) is 18.6 Å². The smallest absolute Gasteiger partial charge is 0.219 e. The van der Waals surface area contributed by atoms with Crippen LogP contribution in [0.2, 0.25) is 0 Å². The molecule has 0 aromatic heterocycles. The third-order valence-corrected chi connectivity index (χ3v) is 4.57. The normalized spacial score (nSPS) is 13.5. The lowest BCUT2D eigenvalue weighted by atomic mass is 10.2. The van der Waals surface area contributed by atoms with Crippen molar-refractivity contribution in [3.05, 3.63) is 0 Å². The minimum atomic E-state index is 0.119. The van der Waals surface area contributed by atoms with Gasteiger partial charge in [-0.1, -0.05) is 35.4 Å². The van der Waals surface area contributed by atoms with E-state index in [2.05, 4.69) is 12.2 Å². The highest BCUT2D eigenvalue weighted by atomic mass is 33.1. The summed E-state index contributed by atoms with van der Waals surface area (Å²) in [5.41, 5.74) is 0. The number of amides is 1. The fraction of sp³-hybridized carbons (Fsp3) is 0.889. The fourth-order valence-electron chi connectivity index (χ4n) is 0.731. The van der Waals surface area contributed by atoms with Crippen molar-refractivity contribution in [3.63, 3.8) is 0 Å². The van der Waals surface area contributed by atoms with Gasteiger partial charge in [0.2, 0.25) is 5.91 Å². The van der Waals surface area contributed by atoms with E-state index in [1.54, 1.807) is 7.05 Å². The monoisotopic (exact) mass is 222 g/mol. The largest absolute Gasteiger partial charge is 0.359 e. The second kappa shape index (κ2) is 8.75. The molecule has 13 heavy (non-hydrogen) atoms. The molecule has 2 nitrogen and oxygen atoms in total. The van der Waals surface area contributed by atoms with Crippen LogP contribution in [0.15, 0.2) is 0 Å². The van der Waals surface area contributed by atoms with E-state index in [0.717, 1.165) is 18.6 Å². The Bertz CT molecular complexity index is 158. The molecule has 0 rings (SSSR count). The summed E-state index contributed by atoms with van der Waals surface area (Å²) < 4.78 is 6.98. The van der Waals surface area contributed by atoms with E-state index in [-0.39, 0.29) is 5.91 Å². The van der Waals surface area contributed by atoms with Gasteiger partial charge >= 0.3 is 0 Å². The van der Waals surface area contributed by atoms with Crippen molar-refractivity contribution in [1.29, 1.82) is 0 Å². The first-order valence-corrected chi connectivity index (χ1v) is 6.87. The number of nitrogens with one attached hydrogen (secondary N) is 1. The standard InChI is InChI=1S/C9H19NOS2/c1-4-7-12-13-8(2)5-6-9(11)10-3/h8H,4-7H2,1-3H3,(H,10,11)/i1D. The summed E-state index contributed by atoms with van der Waals surface area (Å²) in [5.74, 6) is 1.16. The first kappa shape index (κ1) is 11.2. The zero-order chi connectivity index (χ0) is 10.8. The number of hydrogen-bond donors (Lipinski definition) is 1. The van der Waals surface area contributed by atoms with Crippen molar-refractivity contribution in [2.24, 2.45) is 0 Å². The molecule has 0 aliphatic carbocycles. The highest BCUT2D eigenvalue weighted by Gasteiger charge is 2.05. The SMILES string of the molecule is [2H]CCCSSC(C)CCC(=O)NC. The van der Waals surface area contributed by atoms with Crippen LogP contribution in [-0.2, 0) is 4.79 Å². The fourth-order valence-corrected chi connectivity index (χ4v) is 3.02. The molecule has 4 heteroatoms. The molecule has 0 heterocycles. The van der Waals surface area contributed by atoms with Crippen LogP contribution in [0.3, 0.4) is 0 Å². The van der Waals surface area contributed by atoms with Crippen LogP contribution < -0.4 is 5.32 Å². The van der Waals surface area contributed by atoms with Crippen LogP contribution in [0.4, 0.5) is 0 Å². The molecule has 1 N–H and O–H groups in total. The van der Waals surface area contributed by atoms with Crippen molar-refractivity contribution in [1.82, 2.24) is 5.32 Å².